The van der Waals surface area contributed by atoms with Crippen LogP contribution in [0.4, 0.5) is 0 Å². The first-order valence-electron chi connectivity index (χ1n) is 6.81. The lowest BCUT2D eigenvalue weighted by Gasteiger charge is -2.08. The summed E-state index contributed by atoms with van der Waals surface area (Å²) in [4.78, 5) is 0.329. The minimum atomic E-state index is -3.39. The Kier molecular flexibility index (Phi) is 4.98. The van der Waals surface area contributed by atoms with Gasteiger partial charge in [0.25, 0.3) is 0 Å². The Morgan fingerprint density at radius 2 is 1.75 bits per heavy atom. The lowest BCUT2D eigenvalue weighted by Crippen LogP contribution is -2.25. The van der Waals surface area contributed by atoms with Gasteiger partial charge in [-0.2, -0.15) is 0 Å². The molecule has 1 N–H and O–H groups in total. The molecule has 2 aromatic rings. The predicted molar refractivity (Wildman–Crippen MR) is 80.1 cm³/mol. The van der Waals surface area contributed by atoms with Crippen LogP contribution in [0.3, 0.4) is 0 Å². The molecule has 1 heterocycles. The molecule has 0 saturated heterocycles. The highest BCUT2D eigenvalue weighted by molar-refractivity contribution is 7.89. The monoisotopic (exact) mass is 292 g/mol. The summed E-state index contributed by atoms with van der Waals surface area (Å²) in [6.45, 7) is 3.29. The lowest BCUT2D eigenvalue weighted by atomic mass is 10.2. The highest BCUT2D eigenvalue weighted by Crippen LogP contribution is 2.10. The minimum absolute atomic E-state index is 0.329. The second-order valence-corrected chi connectivity index (χ2v) is 6.44. The van der Waals surface area contributed by atoms with E-state index in [2.05, 4.69) is 4.72 Å². The molecule has 0 bridgehead atoms. The molecule has 20 heavy (non-hydrogen) atoms. The van der Waals surface area contributed by atoms with Crippen molar-refractivity contribution >= 4 is 10.0 Å². The van der Waals surface area contributed by atoms with Gasteiger partial charge in [-0.05, 0) is 42.7 Å². The average molecular weight is 292 g/mol. The zero-order valence-corrected chi connectivity index (χ0v) is 12.4. The number of rotatable bonds is 7. The van der Waals surface area contributed by atoms with E-state index in [0.717, 1.165) is 24.9 Å². The molecular weight excluding hydrogens is 272 g/mol. The third-order valence-corrected chi connectivity index (χ3v) is 4.67. The first-order chi connectivity index (χ1) is 9.62. The molecule has 0 aliphatic rings. The van der Waals surface area contributed by atoms with Gasteiger partial charge in [0, 0.05) is 25.5 Å². The molecule has 2 rings (SSSR count). The molecular formula is C15H20N2O2S. The number of hydrogen-bond acceptors (Lipinski definition) is 2. The summed E-state index contributed by atoms with van der Waals surface area (Å²) >= 11 is 0. The SMILES string of the molecule is CCc1ccc(S(=O)(=O)NCCCn2cccc2)cc1. The van der Waals surface area contributed by atoms with Gasteiger partial charge in [0.05, 0.1) is 4.90 Å². The Labute approximate surface area is 120 Å². The number of aromatic nitrogens is 1. The normalized spacial score (nSPS) is 11.7. The van der Waals surface area contributed by atoms with Crippen LogP contribution in [-0.2, 0) is 23.0 Å². The molecule has 0 unspecified atom stereocenters. The van der Waals surface area contributed by atoms with Crippen LogP contribution in [0.15, 0.2) is 53.7 Å². The van der Waals surface area contributed by atoms with Gasteiger partial charge in [-0.25, -0.2) is 13.1 Å². The summed E-state index contributed by atoms with van der Waals surface area (Å²) in [6.07, 6.45) is 5.61. The minimum Gasteiger partial charge on any atom is -0.354 e. The van der Waals surface area contributed by atoms with Gasteiger partial charge in [-0.15, -0.1) is 0 Å². The fourth-order valence-corrected chi connectivity index (χ4v) is 3.05. The number of nitrogens with zero attached hydrogens (tertiary/aromatic N) is 1. The van der Waals surface area contributed by atoms with Gasteiger partial charge < -0.3 is 4.57 Å². The van der Waals surface area contributed by atoms with E-state index in [1.54, 1.807) is 12.1 Å². The van der Waals surface area contributed by atoms with Crippen molar-refractivity contribution in [3.8, 4) is 0 Å². The molecule has 0 amide bonds. The van der Waals surface area contributed by atoms with Crippen molar-refractivity contribution in [3.05, 3.63) is 54.4 Å². The molecule has 1 aromatic heterocycles. The molecule has 0 saturated carbocycles. The van der Waals surface area contributed by atoms with E-state index in [9.17, 15) is 8.42 Å². The molecule has 0 aliphatic heterocycles. The molecule has 0 atom stereocenters. The van der Waals surface area contributed by atoms with Crippen LogP contribution in [0.1, 0.15) is 18.9 Å². The van der Waals surface area contributed by atoms with E-state index in [-0.39, 0.29) is 0 Å². The molecule has 5 heteroatoms. The molecule has 1 aromatic carbocycles. The Hall–Kier alpha value is -1.59. The second-order valence-electron chi connectivity index (χ2n) is 4.67. The zero-order chi connectivity index (χ0) is 14.4. The van der Waals surface area contributed by atoms with Crippen molar-refractivity contribution in [1.29, 1.82) is 0 Å². The summed E-state index contributed by atoms with van der Waals surface area (Å²) in [5.74, 6) is 0. The van der Waals surface area contributed by atoms with Crippen LogP contribution in [0.2, 0.25) is 0 Å². The average Bonchev–Trinajstić information content (AvgIpc) is 2.97. The van der Waals surface area contributed by atoms with Gasteiger partial charge >= 0.3 is 0 Å². The molecule has 0 spiro atoms. The van der Waals surface area contributed by atoms with Gasteiger partial charge in [0.15, 0.2) is 0 Å². The number of aryl methyl sites for hydroxylation is 2. The molecule has 108 valence electrons. The van der Waals surface area contributed by atoms with Crippen molar-refractivity contribution in [1.82, 2.24) is 9.29 Å². The summed E-state index contributed by atoms with van der Waals surface area (Å²) in [7, 11) is -3.39. The quantitative estimate of drug-likeness (QED) is 0.797. The number of sulfonamides is 1. The van der Waals surface area contributed by atoms with Crippen molar-refractivity contribution in [2.24, 2.45) is 0 Å². The van der Waals surface area contributed by atoms with Gasteiger partial charge in [-0.1, -0.05) is 19.1 Å². The van der Waals surface area contributed by atoms with Gasteiger partial charge in [-0.3, -0.25) is 0 Å². The Bertz CT molecular complexity index is 616. The van der Waals surface area contributed by atoms with E-state index >= 15 is 0 Å². The van der Waals surface area contributed by atoms with Crippen molar-refractivity contribution < 1.29 is 8.42 Å². The fourth-order valence-electron chi connectivity index (χ4n) is 1.98. The highest BCUT2D eigenvalue weighted by Gasteiger charge is 2.12. The van der Waals surface area contributed by atoms with Crippen molar-refractivity contribution in [3.63, 3.8) is 0 Å². The molecule has 0 aliphatic carbocycles. The maximum Gasteiger partial charge on any atom is 0.240 e. The van der Waals surface area contributed by atoms with Crippen molar-refractivity contribution in [2.45, 2.75) is 31.2 Å². The number of benzene rings is 1. The maximum absolute atomic E-state index is 12.1. The smallest absolute Gasteiger partial charge is 0.240 e. The second kappa shape index (κ2) is 6.72. The largest absolute Gasteiger partial charge is 0.354 e. The standard InChI is InChI=1S/C15H20N2O2S/c1-2-14-6-8-15(9-7-14)20(18,19)16-10-5-13-17-11-3-4-12-17/h3-4,6-9,11-12,16H,2,5,10,13H2,1H3. The van der Waals surface area contributed by atoms with Crippen molar-refractivity contribution in [2.75, 3.05) is 6.54 Å². The van der Waals surface area contributed by atoms with Crippen LogP contribution < -0.4 is 4.72 Å². The van der Waals surface area contributed by atoms with Crippen LogP contribution in [-0.4, -0.2) is 19.5 Å². The lowest BCUT2D eigenvalue weighted by molar-refractivity contribution is 0.570. The summed E-state index contributed by atoms with van der Waals surface area (Å²) in [5.41, 5.74) is 1.14. The fraction of sp³-hybridized carbons (Fsp3) is 0.333. The Morgan fingerprint density at radius 1 is 1.10 bits per heavy atom. The van der Waals surface area contributed by atoms with Gasteiger partial charge in [0.1, 0.15) is 0 Å². The summed E-state index contributed by atoms with van der Waals surface area (Å²) in [5, 5.41) is 0. The van der Waals surface area contributed by atoms with Crippen LogP contribution in [0, 0.1) is 0 Å². The summed E-state index contributed by atoms with van der Waals surface area (Å²) in [6, 6.07) is 10.9. The van der Waals surface area contributed by atoms with Crippen LogP contribution in [0.5, 0.6) is 0 Å². The van der Waals surface area contributed by atoms with E-state index in [4.69, 9.17) is 0 Å². The van der Waals surface area contributed by atoms with E-state index < -0.39 is 10.0 Å². The number of hydrogen-bond donors (Lipinski definition) is 1. The molecule has 0 radical (unpaired) electrons. The third-order valence-electron chi connectivity index (χ3n) is 3.19. The molecule has 0 fully saturated rings. The topological polar surface area (TPSA) is 51.1 Å². The van der Waals surface area contributed by atoms with E-state index in [1.807, 2.05) is 48.1 Å². The summed E-state index contributed by atoms with van der Waals surface area (Å²) < 4.78 is 28.8. The Morgan fingerprint density at radius 3 is 2.35 bits per heavy atom. The highest BCUT2D eigenvalue weighted by atomic mass is 32.2. The first-order valence-corrected chi connectivity index (χ1v) is 8.29. The predicted octanol–water partition coefficient (Wildman–Crippen LogP) is 2.42. The zero-order valence-electron chi connectivity index (χ0n) is 11.6. The van der Waals surface area contributed by atoms with Crippen LogP contribution in [0.25, 0.3) is 0 Å². The van der Waals surface area contributed by atoms with E-state index in [0.29, 0.717) is 11.4 Å². The van der Waals surface area contributed by atoms with Crippen LogP contribution >= 0.6 is 0 Å². The third kappa shape index (κ3) is 3.95. The first kappa shape index (κ1) is 14.8. The molecule has 4 nitrogen and oxygen atoms in total. The van der Waals surface area contributed by atoms with E-state index in [1.165, 1.54) is 0 Å². The number of nitrogens with one attached hydrogen (secondary N) is 1. The Balaban J connectivity index is 1.86. The maximum atomic E-state index is 12.1. The van der Waals surface area contributed by atoms with Gasteiger partial charge in [0.2, 0.25) is 10.0 Å².